The van der Waals surface area contributed by atoms with Crippen molar-refractivity contribution in [2.24, 2.45) is 0 Å². The van der Waals surface area contributed by atoms with Gasteiger partial charge in [0.15, 0.2) is 9.84 Å². The van der Waals surface area contributed by atoms with E-state index in [4.69, 9.17) is 0 Å². The third-order valence-corrected chi connectivity index (χ3v) is 5.46. The van der Waals surface area contributed by atoms with E-state index in [0.29, 0.717) is 5.56 Å². The van der Waals surface area contributed by atoms with Gasteiger partial charge in [-0.05, 0) is 24.6 Å². The minimum Gasteiger partial charge on any atom is -0.384 e. The molecule has 0 aliphatic carbocycles. The monoisotopic (exact) mass is 347 g/mol. The van der Waals surface area contributed by atoms with Crippen LogP contribution in [-0.4, -0.2) is 31.7 Å². The van der Waals surface area contributed by atoms with Gasteiger partial charge >= 0.3 is 0 Å². The third-order valence-electron chi connectivity index (χ3n) is 3.73. The van der Waals surface area contributed by atoms with Gasteiger partial charge in [-0.2, -0.15) is 0 Å². The number of benzene rings is 2. The van der Waals surface area contributed by atoms with Crippen molar-refractivity contribution in [1.82, 2.24) is 5.32 Å². The molecule has 0 aliphatic heterocycles. The molecule has 0 spiro atoms. The fourth-order valence-corrected chi connectivity index (χ4v) is 3.49. The van der Waals surface area contributed by atoms with Crippen molar-refractivity contribution in [3.05, 3.63) is 66.2 Å². The number of rotatable bonds is 7. The fourth-order valence-electron chi connectivity index (χ4n) is 2.23. The molecule has 0 saturated heterocycles. The number of sulfone groups is 1. The zero-order valence-corrected chi connectivity index (χ0v) is 14.3. The summed E-state index contributed by atoms with van der Waals surface area (Å²) in [6, 6.07) is 17.0. The van der Waals surface area contributed by atoms with Gasteiger partial charge in [0.1, 0.15) is 5.60 Å². The van der Waals surface area contributed by atoms with Crippen LogP contribution in [0.3, 0.4) is 0 Å². The molecule has 24 heavy (non-hydrogen) atoms. The highest BCUT2D eigenvalue weighted by atomic mass is 32.2. The highest BCUT2D eigenvalue weighted by Crippen LogP contribution is 2.19. The Balaban J connectivity index is 1.88. The van der Waals surface area contributed by atoms with Crippen LogP contribution in [0.5, 0.6) is 0 Å². The Morgan fingerprint density at radius 1 is 1.04 bits per heavy atom. The van der Waals surface area contributed by atoms with E-state index in [1.807, 2.05) is 6.07 Å². The van der Waals surface area contributed by atoms with Gasteiger partial charge in [-0.3, -0.25) is 4.79 Å². The summed E-state index contributed by atoms with van der Waals surface area (Å²) >= 11 is 0. The quantitative estimate of drug-likeness (QED) is 0.801. The Kier molecular flexibility index (Phi) is 5.75. The first-order valence-electron chi connectivity index (χ1n) is 7.64. The molecule has 128 valence electrons. The first-order valence-corrected chi connectivity index (χ1v) is 9.29. The maximum atomic E-state index is 12.1. The van der Waals surface area contributed by atoms with Crippen molar-refractivity contribution < 1.29 is 18.3 Å². The van der Waals surface area contributed by atoms with E-state index in [-0.39, 0.29) is 23.6 Å². The Bertz CT molecular complexity index is 771. The number of aliphatic hydroxyl groups is 1. The third kappa shape index (κ3) is 4.91. The number of carbonyl (C=O) groups excluding carboxylic acids is 1. The minimum absolute atomic E-state index is 0.0151. The Hall–Kier alpha value is -2.18. The van der Waals surface area contributed by atoms with Crippen LogP contribution in [0.4, 0.5) is 0 Å². The molecule has 6 heteroatoms. The van der Waals surface area contributed by atoms with Crippen molar-refractivity contribution in [1.29, 1.82) is 0 Å². The molecule has 0 aliphatic rings. The predicted octanol–water partition coefficient (Wildman–Crippen LogP) is 1.87. The molecule has 5 nitrogen and oxygen atoms in total. The van der Waals surface area contributed by atoms with Gasteiger partial charge in [-0.25, -0.2) is 8.42 Å². The second-order valence-electron chi connectivity index (χ2n) is 5.80. The van der Waals surface area contributed by atoms with Crippen molar-refractivity contribution in [2.75, 3.05) is 12.3 Å². The van der Waals surface area contributed by atoms with Crippen LogP contribution in [-0.2, 0) is 20.2 Å². The molecule has 0 heterocycles. The summed E-state index contributed by atoms with van der Waals surface area (Å²) in [6.45, 7) is 1.62. The van der Waals surface area contributed by atoms with E-state index in [1.165, 1.54) is 12.1 Å². The molecule has 1 atom stereocenters. The van der Waals surface area contributed by atoms with Crippen LogP contribution in [0.15, 0.2) is 65.6 Å². The van der Waals surface area contributed by atoms with E-state index in [0.717, 1.165) is 0 Å². The average molecular weight is 347 g/mol. The molecule has 2 N–H and O–H groups in total. The lowest BCUT2D eigenvalue weighted by Gasteiger charge is -2.24. The average Bonchev–Trinajstić information content (AvgIpc) is 2.60. The Labute approximate surface area is 142 Å². The van der Waals surface area contributed by atoms with Crippen molar-refractivity contribution >= 4 is 15.7 Å². The molecule has 2 rings (SSSR count). The van der Waals surface area contributed by atoms with Crippen LogP contribution in [0, 0.1) is 0 Å². The molecule has 0 bridgehead atoms. The van der Waals surface area contributed by atoms with Crippen LogP contribution in [0.2, 0.25) is 0 Å². The SMILES string of the molecule is CC(O)(CNC(=O)CCS(=O)(=O)c1ccccc1)c1ccccc1. The lowest BCUT2D eigenvalue weighted by Crippen LogP contribution is -2.39. The molecule has 0 aromatic heterocycles. The summed E-state index contributed by atoms with van der Waals surface area (Å²) in [7, 11) is -3.48. The fraction of sp³-hybridized carbons (Fsp3) is 0.278. The maximum Gasteiger partial charge on any atom is 0.221 e. The first kappa shape index (κ1) is 18.2. The van der Waals surface area contributed by atoms with Crippen LogP contribution < -0.4 is 5.32 Å². The van der Waals surface area contributed by atoms with Gasteiger partial charge in [-0.1, -0.05) is 48.5 Å². The number of nitrogens with one attached hydrogen (secondary N) is 1. The van der Waals surface area contributed by atoms with E-state index in [2.05, 4.69) is 5.32 Å². The topological polar surface area (TPSA) is 83.5 Å². The summed E-state index contributed by atoms with van der Waals surface area (Å²) < 4.78 is 24.3. The minimum atomic E-state index is -3.48. The Morgan fingerprint density at radius 2 is 1.58 bits per heavy atom. The molecule has 1 unspecified atom stereocenters. The standard InChI is InChI=1S/C18H21NO4S/c1-18(21,15-8-4-2-5-9-15)14-19-17(20)12-13-24(22,23)16-10-6-3-7-11-16/h2-11,21H,12-14H2,1H3,(H,19,20). The second kappa shape index (κ2) is 7.59. The van der Waals surface area contributed by atoms with E-state index in [1.54, 1.807) is 49.4 Å². The molecule has 0 fully saturated rings. The Morgan fingerprint density at radius 3 is 2.17 bits per heavy atom. The lowest BCUT2D eigenvalue weighted by atomic mass is 9.96. The van der Waals surface area contributed by atoms with Crippen molar-refractivity contribution in [3.63, 3.8) is 0 Å². The summed E-state index contributed by atoms with van der Waals surface area (Å²) in [4.78, 5) is 12.1. The molecule has 2 aromatic rings. The number of hydrogen-bond donors (Lipinski definition) is 2. The highest BCUT2D eigenvalue weighted by molar-refractivity contribution is 7.91. The zero-order chi connectivity index (χ0) is 17.6. The van der Waals surface area contributed by atoms with Crippen molar-refractivity contribution in [2.45, 2.75) is 23.8 Å². The van der Waals surface area contributed by atoms with E-state index < -0.39 is 21.3 Å². The first-order chi connectivity index (χ1) is 11.3. The van der Waals surface area contributed by atoms with Gasteiger partial charge < -0.3 is 10.4 Å². The number of carbonyl (C=O) groups is 1. The highest BCUT2D eigenvalue weighted by Gasteiger charge is 2.24. The van der Waals surface area contributed by atoms with Gasteiger partial charge in [0.25, 0.3) is 0 Å². The maximum absolute atomic E-state index is 12.1. The van der Waals surface area contributed by atoms with Crippen LogP contribution in [0.25, 0.3) is 0 Å². The van der Waals surface area contributed by atoms with Gasteiger partial charge in [0.2, 0.25) is 5.91 Å². The predicted molar refractivity (Wildman–Crippen MR) is 92.1 cm³/mol. The molecular formula is C18H21NO4S. The lowest BCUT2D eigenvalue weighted by molar-refractivity contribution is -0.121. The molecule has 1 amide bonds. The van der Waals surface area contributed by atoms with E-state index in [9.17, 15) is 18.3 Å². The summed E-state index contributed by atoms with van der Waals surface area (Å²) in [5.74, 6) is -0.679. The molecular weight excluding hydrogens is 326 g/mol. The zero-order valence-electron chi connectivity index (χ0n) is 13.5. The van der Waals surface area contributed by atoms with Gasteiger partial charge in [-0.15, -0.1) is 0 Å². The second-order valence-corrected chi connectivity index (χ2v) is 7.91. The van der Waals surface area contributed by atoms with Gasteiger partial charge in [0.05, 0.1) is 17.2 Å². The molecule has 2 aromatic carbocycles. The largest absolute Gasteiger partial charge is 0.384 e. The van der Waals surface area contributed by atoms with Gasteiger partial charge in [0, 0.05) is 6.42 Å². The van der Waals surface area contributed by atoms with E-state index >= 15 is 0 Å². The number of hydrogen-bond acceptors (Lipinski definition) is 4. The molecule has 0 radical (unpaired) electrons. The smallest absolute Gasteiger partial charge is 0.221 e. The van der Waals surface area contributed by atoms with Crippen molar-refractivity contribution in [3.8, 4) is 0 Å². The summed E-state index contributed by atoms with van der Waals surface area (Å²) in [6.07, 6.45) is -0.151. The number of amides is 1. The summed E-state index contributed by atoms with van der Waals surface area (Å²) in [5.41, 5.74) is -0.530. The van der Waals surface area contributed by atoms with Crippen LogP contribution in [0.1, 0.15) is 18.9 Å². The normalized spacial score (nSPS) is 13.9. The summed E-state index contributed by atoms with van der Waals surface area (Å²) in [5, 5.41) is 13.0. The van der Waals surface area contributed by atoms with Crippen LogP contribution >= 0.6 is 0 Å². The molecule has 0 saturated carbocycles.